The van der Waals surface area contributed by atoms with Gasteiger partial charge >= 0.3 is 6.03 Å². The molecule has 41 heavy (non-hydrogen) atoms. The average Bonchev–Trinajstić information content (AvgIpc) is 3.39. The molecule has 5 rings (SSSR count). The number of benzene rings is 1. The molecule has 11 nitrogen and oxygen atoms in total. The Labute approximate surface area is 241 Å². The lowest BCUT2D eigenvalue weighted by Crippen LogP contribution is -2.46. The first-order valence-electron chi connectivity index (χ1n) is 13.4. The van der Waals surface area contributed by atoms with Gasteiger partial charge in [-0.05, 0) is 86.9 Å². The summed E-state index contributed by atoms with van der Waals surface area (Å²) in [7, 11) is -4.24. The number of urea groups is 1. The Kier molecular flexibility index (Phi) is 8.82. The second-order valence-corrected chi connectivity index (χ2v) is 12.9. The Morgan fingerprint density at radius 1 is 1.10 bits per heavy atom. The molecule has 3 aromatic rings. The summed E-state index contributed by atoms with van der Waals surface area (Å²) in [5.41, 5.74) is 2.25. The number of nitrogens with zero attached hydrogens (tertiary/aromatic N) is 3. The van der Waals surface area contributed by atoms with Crippen molar-refractivity contribution < 1.29 is 27.5 Å². The van der Waals surface area contributed by atoms with E-state index in [-0.39, 0.29) is 22.1 Å². The number of carbonyl (C=O) groups excluding carboxylic acids is 2. The van der Waals surface area contributed by atoms with Crippen LogP contribution in [0.1, 0.15) is 41.6 Å². The molecule has 0 saturated carbocycles. The van der Waals surface area contributed by atoms with Crippen molar-refractivity contribution in [2.24, 2.45) is 0 Å². The molecule has 218 valence electrons. The number of carbonyl (C=O) groups is 2. The Bertz CT molecular complexity index is 1510. The third kappa shape index (κ3) is 7.01. The highest BCUT2D eigenvalue weighted by Crippen LogP contribution is 2.29. The van der Waals surface area contributed by atoms with Crippen molar-refractivity contribution in [3.63, 3.8) is 0 Å². The molecule has 14 heteroatoms. The molecule has 1 atom stereocenters. The van der Waals surface area contributed by atoms with Crippen LogP contribution in [0.25, 0.3) is 0 Å². The number of nitrogens with one attached hydrogen (secondary N) is 3. The first kappa shape index (κ1) is 28.9. The fourth-order valence-corrected chi connectivity index (χ4v) is 6.89. The van der Waals surface area contributed by atoms with Crippen molar-refractivity contribution in [1.82, 2.24) is 14.6 Å². The third-order valence-corrected chi connectivity index (χ3v) is 9.67. The number of rotatable bonds is 9. The van der Waals surface area contributed by atoms with E-state index in [2.05, 4.69) is 20.5 Å². The number of aliphatic hydroxyl groups is 1. The third-order valence-electron chi connectivity index (χ3n) is 6.98. The van der Waals surface area contributed by atoms with E-state index < -0.39 is 33.3 Å². The van der Waals surface area contributed by atoms with Gasteiger partial charge in [0, 0.05) is 24.2 Å². The van der Waals surface area contributed by atoms with Crippen LogP contribution < -0.4 is 20.3 Å². The number of aromatic nitrogens is 1. The van der Waals surface area contributed by atoms with Crippen LogP contribution >= 0.6 is 11.3 Å². The van der Waals surface area contributed by atoms with Gasteiger partial charge in [-0.1, -0.05) is 17.8 Å². The molecule has 1 aromatic carbocycles. The maximum absolute atomic E-state index is 13.3. The highest BCUT2D eigenvalue weighted by Gasteiger charge is 2.33. The second-order valence-electron chi connectivity index (χ2n) is 9.94. The number of likely N-dealkylation sites (tertiary alicyclic amines) is 1. The molecule has 1 saturated heterocycles. The van der Waals surface area contributed by atoms with Gasteiger partial charge in [0.05, 0.1) is 11.9 Å². The van der Waals surface area contributed by atoms with Gasteiger partial charge in [0.2, 0.25) is 0 Å². The monoisotopic (exact) mass is 602 g/mol. The van der Waals surface area contributed by atoms with Gasteiger partial charge < -0.3 is 20.6 Å². The van der Waals surface area contributed by atoms with E-state index in [0.717, 1.165) is 42.9 Å². The zero-order valence-electron chi connectivity index (χ0n) is 22.2. The summed E-state index contributed by atoms with van der Waals surface area (Å²) >= 11 is 0.390. The minimum absolute atomic E-state index is 0.147. The van der Waals surface area contributed by atoms with Crippen LogP contribution in [0, 0.1) is 5.13 Å². The Morgan fingerprint density at radius 2 is 1.88 bits per heavy atom. The number of pyridine rings is 1. The SMILES string of the molecule is O=C(Nc1ccc(N2C(=O)c3ccc(NCCCN4CCCCC4)cc3CC2O)nc1)NS(=O)(=O)c1ccc(F)s1. The van der Waals surface area contributed by atoms with Crippen molar-refractivity contribution in [2.75, 3.05) is 41.7 Å². The summed E-state index contributed by atoms with van der Waals surface area (Å²) in [6.45, 7) is 4.22. The molecule has 2 aromatic heterocycles. The number of fused-ring (bicyclic) bond motifs is 1. The Morgan fingerprint density at radius 3 is 2.59 bits per heavy atom. The van der Waals surface area contributed by atoms with E-state index in [1.807, 2.05) is 12.1 Å². The lowest BCUT2D eigenvalue weighted by atomic mass is 9.97. The van der Waals surface area contributed by atoms with Gasteiger partial charge in [-0.15, -0.1) is 0 Å². The van der Waals surface area contributed by atoms with Crippen LogP contribution in [-0.4, -0.2) is 67.8 Å². The van der Waals surface area contributed by atoms with Crippen LogP contribution in [0.4, 0.5) is 26.4 Å². The first-order chi connectivity index (χ1) is 19.7. The summed E-state index contributed by atoms with van der Waals surface area (Å²) in [5, 5.41) is 15.9. The standard InChI is InChI=1S/C27H31FN6O5S2/c28-22-8-10-25(40-22)41(38,39)32-27(37)31-20-6-9-23(30-17-20)34-24(35)16-18-15-19(5-7-21(18)26(34)36)29-11-4-14-33-12-2-1-3-13-33/h5-10,15,17,24,29,35H,1-4,11-14,16H2,(H2,31,32,37). The van der Waals surface area contributed by atoms with Gasteiger partial charge in [0.1, 0.15) is 16.3 Å². The zero-order chi connectivity index (χ0) is 29.0. The molecular weight excluding hydrogens is 571 g/mol. The summed E-state index contributed by atoms with van der Waals surface area (Å²) in [6, 6.07) is 9.32. The smallest absolute Gasteiger partial charge is 0.333 e. The average molecular weight is 603 g/mol. The van der Waals surface area contributed by atoms with Crippen molar-refractivity contribution in [3.05, 3.63) is 64.9 Å². The molecule has 3 amide bonds. The van der Waals surface area contributed by atoms with E-state index in [4.69, 9.17) is 0 Å². The molecule has 0 aliphatic carbocycles. The largest absolute Gasteiger partial charge is 0.385 e. The number of piperidine rings is 1. The maximum Gasteiger partial charge on any atom is 0.333 e. The molecule has 1 unspecified atom stereocenters. The quantitative estimate of drug-likeness (QED) is 0.272. The fraction of sp³-hybridized carbons (Fsp3) is 0.370. The van der Waals surface area contributed by atoms with Crippen LogP contribution in [0.2, 0.25) is 0 Å². The molecule has 2 aliphatic rings. The Balaban J connectivity index is 1.17. The second kappa shape index (κ2) is 12.5. The molecule has 0 radical (unpaired) electrons. The predicted molar refractivity (Wildman–Crippen MR) is 154 cm³/mol. The Hall–Kier alpha value is -3.59. The fourth-order valence-electron chi connectivity index (χ4n) is 4.98. The summed E-state index contributed by atoms with van der Waals surface area (Å²) in [6.07, 6.45) is 5.19. The maximum atomic E-state index is 13.3. The lowest BCUT2D eigenvalue weighted by Gasteiger charge is -2.32. The van der Waals surface area contributed by atoms with Crippen molar-refractivity contribution >= 4 is 50.5 Å². The van der Waals surface area contributed by atoms with Gasteiger partial charge in [-0.3, -0.25) is 9.69 Å². The number of thiophene rings is 1. The summed E-state index contributed by atoms with van der Waals surface area (Å²) < 4.78 is 39.0. The van der Waals surface area contributed by atoms with E-state index in [1.54, 1.807) is 10.8 Å². The number of anilines is 3. The van der Waals surface area contributed by atoms with Crippen molar-refractivity contribution in [2.45, 2.75) is 42.5 Å². The molecule has 0 bridgehead atoms. The van der Waals surface area contributed by atoms with Crippen LogP contribution in [0.5, 0.6) is 0 Å². The van der Waals surface area contributed by atoms with Crippen LogP contribution in [-0.2, 0) is 16.4 Å². The number of amides is 3. The normalized spacial score (nSPS) is 17.7. The van der Waals surface area contributed by atoms with Crippen molar-refractivity contribution in [3.8, 4) is 0 Å². The van der Waals surface area contributed by atoms with E-state index in [0.29, 0.717) is 16.9 Å². The minimum atomic E-state index is -4.24. The first-order valence-corrected chi connectivity index (χ1v) is 15.7. The number of halogens is 1. The molecule has 2 aliphatic heterocycles. The van der Waals surface area contributed by atoms with Gasteiger partial charge in [-0.25, -0.2) is 22.9 Å². The highest BCUT2D eigenvalue weighted by atomic mass is 32.2. The molecule has 0 spiro atoms. The van der Waals surface area contributed by atoms with E-state index in [1.165, 1.54) is 55.6 Å². The predicted octanol–water partition coefficient (Wildman–Crippen LogP) is 3.60. The summed E-state index contributed by atoms with van der Waals surface area (Å²) in [4.78, 5) is 33.3. The zero-order valence-corrected chi connectivity index (χ0v) is 23.8. The molecular formula is C27H31FN6O5S2. The molecule has 4 N–H and O–H groups in total. The number of hydrogen-bond donors (Lipinski definition) is 4. The van der Waals surface area contributed by atoms with Gasteiger partial charge in [0.15, 0.2) is 5.13 Å². The molecule has 4 heterocycles. The van der Waals surface area contributed by atoms with Crippen LogP contribution in [0.3, 0.4) is 0 Å². The minimum Gasteiger partial charge on any atom is -0.385 e. The van der Waals surface area contributed by atoms with Crippen molar-refractivity contribution in [1.29, 1.82) is 0 Å². The van der Waals surface area contributed by atoms with Gasteiger partial charge in [-0.2, -0.15) is 4.39 Å². The van der Waals surface area contributed by atoms with E-state index >= 15 is 0 Å². The molecule has 1 fully saturated rings. The highest BCUT2D eigenvalue weighted by molar-refractivity contribution is 7.92. The van der Waals surface area contributed by atoms with E-state index in [9.17, 15) is 27.5 Å². The number of sulfonamides is 1. The summed E-state index contributed by atoms with van der Waals surface area (Å²) in [5.74, 6) is -0.240. The topological polar surface area (TPSA) is 144 Å². The lowest BCUT2D eigenvalue weighted by molar-refractivity contribution is 0.0858. The van der Waals surface area contributed by atoms with Gasteiger partial charge in [0.25, 0.3) is 15.9 Å². The number of hydrogen-bond acceptors (Lipinski definition) is 9. The number of aliphatic hydroxyl groups excluding tert-OH is 1. The van der Waals surface area contributed by atoms with Crippen LogP contribution in [0.15, 0.2) is 52.9 Å².